The maximum Gasteiger partial charge on any atom is 0.223 e. The molecule has 0 aliphatic heterocycles. The zero-order valence-electron chi connectivity index (χ0n) is 16.2. The van der Waals surface area contributed by atoms with Gasteiger partial charge in [-0.15, -0.1) is 0 Å². The molecule has 0 saturated carbocycles. The molecule has 0 unspecified atom stereocenters. The zero-order valence-corrected chi connectivity index (χ0v) is 16.2. The van der Waals surface area contributed by atoms with E-state index in [4.69, 9.17) is 9.47 Å². The number of ether oxygens (including phenoxy) is 2. The molecule has 6 nitrogen and oxygen atoms in total. The lowest BCUT2D eigenvalue weighted by Gasteiger charge is -2.14. The lowest BCUT2D eigenvalue weighted by Crippen LogP contribution is -2.15. The van der Waals surface area contributed by atoms with Crippen LogP contribution in [0.15, 0.2) is 54.7 Å². The molecular weight excluding hydrogens is 354 g/mol. The van der Waals surface area contributed by atoms with Gasteiger partial charge in [-0.25, -0.2) is 4.98 Å². The van der Waals surface area contributed by atoms with Gasteiger partial charge in [-0.3, -0.25) is 4.98 Å². The molecule has 1 aromatic carbocycles. The van der Waals surface area contributed by atoms with E-state index < -0.39 is 0 Å². The summed E-state index contributed by atoms with van der Waals surface area (Å²) in [6.07, 6.45) is 2.62. The number of pyridine rings is 2. The van der Waals surface area contributed by atoms with E-state index in [9.17, 15) is 5.11 Å². The predicted octanol–water partition coefficient (Wildman–Crippen LogP) is 4.36. The molecule has 0 aliphatic rings. The van der Waals surface area contributed by atoms with Crippen LogP contribution in [0.25, 0.3) is 0 Å². The second-order valence-corrected chi connectivity index (χ2v) is 6.39. The summed E-state index contributed by atoms with van der Waals surface area (Å²) in [6, 6.07) is 14.8. The average Bonchev–Trinajstić information content (AvgIpc) is 2.71. The minimum absolute atomic E-state index is 0.183. The van der Waals surface area contributed by atoms with Crippen molar-refractivity contribution in [2.75, 3.05) is 6.61 Å². The third-order valence-electron chi connectivity index (χ3n) is 4.06. The number of rotatable bonds is 9. The molecule has 3 rings (SSSR count). The van der Waals surface area contributed by atoms with E-state index in [0.29, 0.717) is 42.8 Å². The second-order valence-electron chi connectivity index (χ2n) is 6.39. The Morgan fingerprint density at radius 2 is 1.82 bits per heavy atom. The monoisotopic (exact) mass is 379 g/mol. The van der Waals surface area contributed by atoms with Gasteiger partial charge in [-0.2, -0.15) is 0 Å². The van der Waals surface area contributed by atoms with E-state index in [-0.39, 0.29) is 5.75 Å². The molecule has 0 radical (unpaired) electrons. The second kappa shape index (κ2) is 9.71. The van der Waals surface area contributed by atoms with Crippen LogP contribution in [0.4, 0.5) is 0 Å². The summed E-state index contributed by atoms with van der Waals surface area (Å²) in [7, 11) is 0. The van der Waals surface area contributed by atoms with Crippen molar-refractivity contribution in [1.82, 2.24) is 15.3 Å². The lowest BCUT2D eigenvalue weighted by molar-refractivity contribution is 0.300. The Morgan fingerprint density at radius 3 is 2.64 bits per heavy atom. The van der Waals surface area contributed by atoms with Crippen LogP contribution in [0.2, 0.25) is 0 Å². The maximum absolute atomic E-state index is 9.93. The van der Waals surface area contributed by atoms with Crippen LogP contribution in [0.3, 0.4) is 0 Å². The molecule has 0 bridgehead atoms. The first-order valence-corrected chi connectivity index (χ1v) is 9.37. The topological polar surface area (TPSA) is 76.5 Å². The first-order valence-electron chi connectivity index (χ1n) is 9.37. The molecule has 2 N–H and O–H groups in total. The number of hydrogen-bond donors (Lipinski definition) is 2. The van der Waals surface area contributed by atoms with Crippen molar-refractivity contribution in [2.45, 2.75) is 33.4 Å². The summed E-state index contributed by atoms with van der Waals surface area (Å²) >= 11 is 0. The molecule has 0 aliphatic carbocycles. The summed E-state index contributed by atoms with van der Waals surface area (Å²) in [6.45, 7) is 5.55. The largest absolute Gasteiger partial charge is 0.506 e. The fourth-order valence-electron chi connectivity index (χ4n) is 2.67. The Balaban J connectivity index is 1.69. The summed E-state index contributed by atoms with van der Waals surface area (Å²) in [5.74, 6) is 2.03. The molecule has 0 saturated heterocycles. The number of aryl methyl sites for hydroxylation is 1. The van der Waals surface area contributed by atoms with Gasteiger partial charge in [0.25, 0.3) is 0 Å². The van der Waals surface area contributed by atoms with Crippen molar-refractivity contribution in [1.29, 1.82) is 0 Å². The Kier molecular flexibility index (Phi) is 6.81. The third kappa shape index (κ3) is 5.20. The molecule has 2 aromatic heterocycles. The zero-order chi connectivity index (χ0) is 19.8. The van der Waals surface area contributed by atoms with E-state index in [2.05, 4.69) is 22.2 Å². The molecule has 0 atom stereocenters. The van der Waals surface area contributed by atoms with Crippen LogP contribution >= 0.6 is 0 Å². The first kappa shape index (κ1) is 19.6. The first-order chi connectivity index (χ1) is 13.7. The van der Waals surface area contributed by atoms with E-state index in [1.54, 1.807) is 18.3 Å². The SMILES string of the molecule is CCCOc1ccccc1Oc1ncccc1CNCc1nc(C)ccc1O. The molecule has 0 fully saturated rings. The van der Waals surface area contributed by atoms with E-state index >= 15 is 0 Å². The number of benzene rings is 1. The normalized spacial score (nSPS) is 10.6. The standard InChI is InChI=1S/C22H25N3O3/c1-3-13-27-20-8-4-5-9-21(20)28-22-17(7-6-12-24-22)14-23-15-18-19(26)11-10-16(2)25-18/h4-12,23,26H,3,13-15H2,1-2H3. The van der Waals surface area contributed by atoms with E-state index in [1.807, 2.05) is 43.3 Å². The van der Waals surface area contributed by atoms with E-state index in [1.165, 1.54) is 0 Å². The van der Waals surface area contributed by atoms with Gasteiger partial charge in [0, 0.05) is 30.5 Å². The highest BCUT2D eigenvalue weighted by Gasteiger charge is 2.11. The number of hydrogen-bond acceptors (Lipinski definition) is 6. The predicted molar refractivity (Wildman–Crippen MR) is 108 cm³/mol. The Labute approximate surface area is 165 Å². The Morgan fingerprint density at radius 1 is 1.00 bits per heavy atom. The number of para-hydroxylation sites is 2. The fraction of sp³-hybridized carbons (Fsp3) is 0.273. The van der Waals surface area contributed by atoms with Gasteiger partial charge in [0.1, 0.15) is 5.75 Å². The van der Waals surface area contributed by atoms with Gasteiger partial charge in [0.2, 0.25) is 5.88 Å². The average molecular weight is 379 g/mol. The molecule has 0 spiro atoms. The minimum atomic E-state index is 0.183. The summed E-state index contributed by atoms with van der Waals surface area (Å²) in [4.78, 5) is 8.73. The van der Waals surface area contributed by atoms with Crippen molar-refractivity contribution in [3.8, 4) is 23.1 Å². The van der Waals surface area contributed by atoms with Gasteiger partial charge >= 0.3 is 0 Å². The van der Waals surface area contributed by atoms with Crippen molar-refractivity contribution >= 4 is 0 Å². The van der Waals surface area contributed by atoms with Gasteiger partial charge < -0.3 is 19.9 Å². The lowest BCUT2D eigenvalue weighted by atomic mass is 10.2. The van der Waals surface area contributed by atoms with Crippen LogP contribution in [0.1, 0.15) is 30.3 Å². The van der Waals surface area contributed by atoms with Gasteiger partial charge in [0.05, 0.1) is 12.3 Å². The van der Waals surface area contributed by atoms with Crippen LogP contribution in [0, 0.1) is 6.92 Å². The number of nitrogens with one attached hydrogen (secondary N) is 1. The highest BCUT2D eigenvalue weighted by molar-refractivity contribution is 5.43. The number of aromatic nitrogens is 2. The molecule has 3 aromatic rings. The highest BCUT2D eigenvalue weighted by atomic mass is 16.5. The summed E-state index contributed by atoms with van der Waals surface area (Å²) in [5.41, 5.74) is 2.38. The molecule has 2 heterocycles. The number of aromatic hydroxyl groups is 1. The highest BCUT2D eigenvalue weighted by Crippen LogP contribution is 2.32. The van der Waals surface area contributed by atoms with Crippen LogP contribution in [0.5, 0.6) is 23.1 Å². The van der Waals surface area contributed by atoms with Gasteiger partial charge in [-0.05, 0) is 43.7 Å². The van der Waals surface area contributed by atoms with Crippen molar-refractivity contribution in [3.05, 3.63) is 71.7 Å². The molecular formula is C22H25N3O3. The van der Waals surface area contributed by atoms with Crippen molar-refractivity contribution in [3.63, 3.8) is 0 Å². The van der Waals surface area contributed by atoms with Crippen LogP contribution in [-0.2, 0) is 13.1 Å². The van der Waals surface area contributed by atoms with Crippen molar-refractivity contribution in [2.24, 2.45) is 0 Å². The fourth-order valence-corrected chi connectivity index (χ4v) is 2.67. The van der Waals surface area contributed by atoms with Gasteiger partial charge in [-0.1, -0.05) is 25.1 Å². The van der Waals surface area contributed by atoms with Crippen LogP contribution in [-0.4, -0.2) is 21.7 Å². The summed E-state index contributed by atoms with van der Waals surface area (Å²) in [5, 5.41) is 13.2. The Bertz CT molecular complexity index is 915. The smallest absolute Gasteiger partial charge is 0.223 e. The summed E-state index contributed by atoms with van der Waals surface area (Å²) < 4.78 is 11.8. The Hall–Kier alpha value is -3.12. The molecule has 146 valence electrons. The van der Waals surface area contributed by atoms with Crippen LogP contribution < -0.4 is 14.8 Å². The quantitative estimate of drug-likeness (QED) is 0.575. The van der Waals surface area contributed by atoms with Gasteiger partial charge in [0.15, 0.2) is 11.5 Å². The molecule has 6 heteroatoms. The minimum Gasteiger partial charge on any atom is -0.506 e. The molecule has 28 heavy (non-hydrogen) atoms. The third-order valence-corrected chi connectivity index (χ3v) is 4.06. The molecule has 0 amide bonds. The van der Waals surface area contributed by atoms with E-state index in [0.717, 1.165) is 17.7 Å². The number of nitrogens with zero attached hydrogens (tertiary/aromatic N) is 2. The maximum atomic E-state index is 9.93. The van der Waals surface area contributed by atoms with Crippen molar-refractivity contribution < 1.29 is 14.6 Å².